The molecule has 3 heterocycles. The molecule has 2 aliphatic heterocycles. The number of aliphatic carboxylic acids is 1. The summed E-state index contributed by atoms with van der Waals surface area (Å²) in [5.41, 5.74) is 1.80. The molecule has 0 radical (unpaired) electrons. The third-order valence-electron chi connectivity index (χ3n) is 3.41. The van der Waals surface area contributed by atoms with Crippen LogP contribution in [0.25, 0.3) is 15.8 Å². The molecule has 4 nitrogen and oxygen atoms in total. The van der Waals surface area contributed by atoms with Gasteiger partial charge in [-0.15, -0.1) is 11.3 Å². The number of thiophene rings is 1. The van der Waals surface area contributed by atoms with Crippen molar-refractivity contribution >= 4 is 50.0 Å². The number of benzene rings is 1. The molecule has 100 valence electrons. The minimum absolute atomic E-state index is 0.381. The summed E-state index contributed by atoms with van der Waals surface area (Å²) < 4.78 is 1.18. The van der Waals surface area contributed by atoms with E-state index in [4.69, 9.17) is 0 Å². The van der Waals surface area contributed by atoms with Crippen LogP contribution in [0.3, 0.4) is 0 Å². The van der Waals surface area contributed by atoms with E-state index in [1.54, 1.807) is 11.3 Å². The summed E-state index contributed by atoms with van der Waals surface area (Å²) in [7, 11) is 0. The van der Waals surface area contributed by atoms with Gasteiger partial charge in [-0.1, -0.05) is 18.2 Å². The maximum absolute atomic E-state index is 11.5. The smallest absolute Gasteiger partial charge is 0.344 e. The summed E-state index contributed by atoms with van der Waals surface area (Å²) in [6.45, 7) is 1.50. The lowest BCUT2D eigenvalue weighted by Gasteiger charge is -2.16. The fourth-order valence-electron chi connectivity index (χ4n) is 2.56. The second-order valence-corrected chi connectivity index (χ2v) is 6.44. The molecule has 1 aromatic heterocycles. The highest BCUT2D eigenvalue weighted by Crippen LogP contribution is 2.44. The summed E-state index contributed by atoms with van der Waals surface area (Å²) >= 11 is 2.91. The third kappa shape index (κ3) is 1.61. The van der Waals surface area contributed by atoms with Crippen molar-refractivity contribution in [3.05, 3.63) is 40.1 Å². The molecule has 0 saturated carbocycles. The standard InChI is InChI=1S/C14H10N2O2S2/c17-13(18)12-11(16-6-5-15-14(16)20-12)9-7-19-10-4-2-1-3-8(9)10/h1-4,7H,5-6H2,(H,17,18). The second kappa shape index (κ2) is 4.36. The first-order valence-electron chi connectivity index (χ1n) is 6.20. The van der Waals surface area contributed by atoms with Gasteiger partial charge >= 0.3 is 5.97 Å². The van der Waals surface area contributed by atoms with Crippen molar-refractivity contribution in [3.63, 3.8) is 0 Å². The number of carboxylic acid groups (broad SMARTS) is 1. The van der Waals surface area contributed by atoms with Crippen molar-refractivity contribution < 1.29 is 9.90 Å². The number of rotatable bonds is 2. The number of aliphatic imine (C=N–C) groups is 1. The van der Waals surface area contributed by atoms with Crippen molar-refractivity contribution in [2.45, 2.75) is 0 Å². The van der Waals surface area contributed by atoms with Gasteiger partial charge in [-0.25, -0.2) is 4.79 Å². The quantitative estimate of drug-likeness (QED) is 0.926. The number of fused-ring (bicyclic) bond motifs is 2. The predicted octanol–water partition coefficient (Wildman–Crippen LogP) is 3.07. The summed E-state index contributed by atoms with van der Waals surface area (Å²) in [5.74, 6) is -0.877. The van der Waals surface area contributed by atoms with Gasteiger partial charge in [0.25, 0.3) is 0 Å². The van der Waals surface area contributed by atoms with Crippen LogP contribution in [0.2, 0.25) is 0 Å². The molecule has 6 heteroatoms. The summed E-state index contributed by atoms with van der Waals surface area (Å²) in [6.07, 6.45) is 0. The molecule has 0 atom stereocenters. The number of amidine groups is 1. The Morgan fingerprint density at radius 2 is 2.20 bits per heavy atom. The van der Waals surface area contributed by atoms with Crippen LogP contribution >= 0.6 is 23.1 Å². The minimum atomic E-state index is -0.877. The van der Waals surface area contributed by atoms with E-state index in [2.05, 4.69) is 11.1 Å². The zero-order valence-corrected chi connectivity index (χ0v) is 12.0. The predicted molar refractivity (Wildman–Crippen MR) is 83.0 cm³/mol. The van der Waals surface area contributed by atoms with Crippen LogP contribution < -0.4 is 0 Å². The van der Waals surface area contributed by atoms with Gasteiger partial charge in [-0.2, -0.15) is 0 Å². The second-order valence-electron chi connectivity index (χ2n) is 4.55. The molecule has 1 N–H and O–H groups in total. The highest BCUT2D eigenvalue weighted by Gasteiger charge is 2.37. The van der Waals surface area contributed by atoms with Gasteiger partial charge in [0.1, 0.15) is 4.91 Å². The Morgan fingerprint density at radius 1 is 1.35 bits per heavy atom. The normalized spacial score (nSPS) is 17.8. The van der Waals surface area contributed by atoms with Crippen molar-refractivity contribution in [1.29, 1.82) is 0 Å². The highest BCUT2D eigenvalue weighted by molar-refractivity contribution is 8.18. The molecule has 0 aliphatic carbocycles. The number of nitrogens with zero attached hydrogens (tertiary/aromatic N) is 2. The van der Waals surface area contributed by atoms with Gasteiger partial charge in [0.2, 0.25) is 0 Å². The molecule has 0 amide bonds. The zero-order chi connectivity index (χ0) is 13.7. The van der Waals surface area contributed by atoms with E-state index in [1.807, 2.05) is 28.5 Å². The third-order valence-corrected chi connectivity index (χ3v) is 5.48. The first kappa shape index (κ1) is 12.0. The Bertz CT molecular complexity index is 791. The summed E-state index contributed by atoms with van der Waals surface area (Å²) in [5, 5.41) is 13.4. The Hall–Kier alpha value is -1.79. The number of carbonyl (C=O) groups is 1. The van der Waals surface area contributed by atoms with Crippen LogP contribution in [-0.2, 0) is 4.79 Å². The molecule has 0 unspecified atom stereocenters. The van der Waals surface area contributed by atoms with Gasteiger partial charge < -0.3 is 10.0 Å². The Balaban J connectivity index is 1.96. The molecule has 0 saturated heterocycles. The molecule has 4 rings (SSSR count). The topological polar surface area (TPSA) is 52.9 Å². The van der Waals surface area contributed by atoms with Gasteiger partial charge in [0.15, 0.2) is 5.17 Å². The van der Waals surface area contributed by atoms with Crippen LogP contribution in [0.1, 0.15) is 5.56 Å². The SMILES string of the molecule is O=C(O)C1=C(c2csc3ccccc23)N2CCN=C2S1. The number of hydrogen-bond donors (Lipinski definition) is 1. The van der Waals surface area contributed by atoms with Crippen LogP contribution in [0.4, 0.5) is 0 Å². The summed E-state index contributed by atoms with van der Waals surface area (Å²) in [6, 6.07) is 8.09. The molecule has 20 heavy (non-hydrogen) atoms. The molecular weight excluding hydrogens is 292 g/mol. The molecule has 2 aliphatic rings. The molecule has 0 bridgehead atoms. The molecule has 1 aromatic carbocycles. The van der Waals surface area contributed by atoms with Crippen molar-refractivity contribution in [2.24, 2.45) is 4.99 Å². The molecule has 0 fully saturated rings. The minimum Gasteiger partial charge on any atom is -0.477 e. The Kier molecular flexibility index (Phi) is 2.61. The van der Waals surface area contributed by atoms with Crippen molar-refractivity contribution in [1.82, 2.24) is 4.90 Å². The van der Waals surface area contributed by atoms with Crippen LogP contribution in [0.15, 0.2) is 39.5 Å². The van der Waals surface area contributed by atoms with Gasteiger partial charge in [0.05, 0.1) is 12.2 Å². The maximum Gasteiger partial charge on any atom is 0.344 e. The van der Waals surface area contributed by atoms with E-state index < -0.39 is 5.97 Å². The van der Waals surface area contributed by atoms with Crippen LogP contribution in [-0.4, -0.2) is 34.2 Å². The highest BCUT2D eigenvalue weighted by atomic mass is 32.2. The lowest BCUT2D eigenvalue weighted by atomic mass is 10.1. The summed E-state index contributed by atoms with van der Waals surface area (Å²) in [4.78, 5) is 18.3. The van der Waals surface area contributed by atoms with E-state index in [0.29, 0.717) is 4.91 Å². The maximum atomic E-state index is 11.5. The average molecular weight is 302 g/mol. The fraction of sp³-hybridized carbons (Fsp3) is 0.143. The lowest BCUT2D eigenvalue weighted by molar-refractivity contribution is -0.131. The molecular formula is C14H10N2O2S2. The van der Waals surface area contributed by atoms with E-state index in [1.165, 1.54) is 16.5 Å². The van der Waals surface area contributed by atoms with Crippen molar-refractivity contribution in [3.8, 4) is 0 Å². The number of hydrogen-bond acceptors (Lipinski definition) is 5. The first-order chi connectivity index (χ1) is 9.75. The fourth-order valence-corrected chi connectivity index (χ4v) is 4.54. The zero-order valence-electron chi connectivity index (χ0n) is 10.4. The number of thioether (sulfide) groups is 1. The largest absolute Gasteiger partial charge is 0.477 e. The number of carboxylic acids is 1. The Morgan fingerprint density at radius 3 is 3.05 bits per heavy atom. The van der Waals surface area contributed by atoms with Gasteiger partial charge in [-0.3, -0.25) is 4.99 Å². The lowest BCUT2D eigenvalue weighted by Crippen LogP contribution is -2.20. The van der Waals surface area contributed by atoms with Gasteiger partial charge in [0, 0.05) is 27.6 Å². The first-order valence-corrected chi connectivity index (χ1v) is 7.89. The molecule has 0 spiro atoms. The Labute approximate surface area is 123 Å². The van der Waals surface area contributed by atoms with E-state index >= 15 is 0 Å². The van der Waals surface area contributed by atoms with Gasteiger partial charge in [-0.05, 0) is 17.8 Å². The van der Waals surface area contributed by atoms with E-state index in [0.717, 1.165) is 34.9 Å². The monoisotopic (exact) mass is 302 g/mol. The van der Waals surface area contributed by atoms with Crippen LogP contribution in [0, 0.1) is 0 Å². The average Bonchev–Trinajstić information content (AvgIpc) is 3.10. The molecule has 2 aromatic rings. The van der Waals surface area contributed by atoms with Crippen LogP contribution in [0.5, 0.6) is 0 Å². The van der Waals surface area contributed by atoms with Crippen molar-refractivity contribution in [2.75, 3.05) is 13.1 Å². The van der Waals surface area contributed by atoms with E-state index in [9.17, 15) is 9.90 Å². The van der Waals surface area contributed by atoms with E-state index in [-0.39, 0.29) is 0 Å².